The number of rotatable bonds is 2. The fourth-order valence-electron chi connectivity index (χ4n) is 2.81. The molecule has 0 radical (unpaired) electrons. The lowest BCUT2D eigenvalue weighted by Gasteiger charge is -2.28. The van der Waals surface area contributed by atoms with Gasteiger partial charge in [0, 0.05) is 5.56 Å². The Morgan fingerprint density at radius 3 is 2.70 bits per heavy atom. The number of carbonyl (C=O) groups excluding carboxylic acids is 1. The van der Waals surface area contributed by atoms with Crippen LogP contribution in [0.3, 0.4) is 0 Å². The molecule has 0 bridgehead atoms. The number of nitrogens with zero attached hydrogens (tertiary/aromatic N) is 2. The van der Waals surface area contributed by atoms with Crippen LogP contribution in [0.5, 0.6) is 5.75 Å². The van der Waals surface area contributed by atoms with E-state index in [2.05, 4.69) is 4.99 Å². The van der Waals surface area contributed by atoms with Crippen molar-refractivity contribution in [3.05, 3.63) is 65.2 Å². The largest absolute Gasteiger partial charge is 0.473 e. The minimum atomic E-state index is -0.690. The smallest absolute Gasteiger partial charge is 0.276 e. The number of para-hydroxylation sites is 1. The third kappa shape index (κ3) is 2.33. The fourth-order valence-corrected chi connectivity index (χ4v) is 3.06. The quantitative estimate of drug-likeness (QED) is 0.799. The van der Waals surface area contributed by atoms with Crippen molar-refractivity contribution in [2.24, 2.45) is 4.99 Å². The van der Waals surface area contributed by atoms with Crippen LogP contribution in [-0.4, -0.2) is 27.7 Å². The zero-order valence-corrected chi connectivity index (χ0v) is 13.3. The van der Waals surface area contributed by atoms with Gasteiger partial charge in [-0.1, -0.05) is 42.0 Å². The average Bonchev–Trinajstić information content (AvgIpc) is 2.92. The van der Waals surface area contributed by atoms with Crippen molar-refractivity contribution in [1.82, 2.24) is 4.90 Å². The Bertz CT molecular complexity index is 842. The van der Waals surface area contributed by atoms with Crippen molar-refractivity contribution < 1.29 is 9.53 Å². The molecule has 2 aromatic carbocycles. The molecule has 0 fully saturated rings. The molecule has 2 aliphatic heterocycles. The van der Waals surface area contributed by atoms with Crippen LogP contribution in [0.15, 0.2) is 53.5 Å². The summed E-state index contributed by atoms with van der Waals surface area (Å²) in [5.41, 5.74) is 3.66. The van der Waals surface area contributed by atoms with Crippen LogP contribution < -0.4 is 4.74 Å². The predicted molar refractivity (Wildman–Crippen MR) is 91.7 cm³/mol. The molecule has 1 amide bonds. The Labute approximate surface area is 139 Å². The highest BCUT2D eigenvalue weighted by Crippen LogP contribution is 2.32. The molecule has 0 N–H and O–H groups in total. The summed E-state index contributed by atoms with van der Waals surface area (Å²) >= 11 is 5.34. The first-order valence-electron chi connectivity index (χ1n) is 7.39. The Balaban J connectivity index is 1.65. The van der Waals surface area contributed by atoms with Gasteiger partial charge in [-0.15, -0.1) is 0 Å². The van der Waals surface area contributed by atoms with Crippen LogP contribution >= 0.6 is 12.2 Å². The molecule has 2 aromatic rings. The highest BCUT2D eigenvalue weighted by atomic mass is 32.1. The van der Waals surface area contributed by atoms with Crippen LogP contribution in [-0.2, 0) is 11.3 Å². The van der Waals surface area contributed by atoms with Gasteiger partial charge in [-0.25, -0.2) is 4.99 Å². The molecular weight excluding hydrogens is 308 g/mol. The zero-order valence-electron chi connectivity index (χ0n) is 12.5. The second-order valence-corrected chi connectivity index (χ2v) is 6.05. The number of aryl methyl sites for hydroxylation is 1. The third-order valence-corrected chi connectivity index (χ3v) is 4.37. The van der Waals surface area contributed by atoms with Crippen LogP contribution in [0.2, 0.25) is 0 Å². The molecular formula is C18H14N2O2S. The van der Waals surface area contributed by atoms with Crippen LogP contribution in [0.4, 0.5) is 0 Å². The molecule has 1 unspecified atom stereocenters. The maximum absolute atomic E-state index is 12.8. The number of hydrogen-bond acceptors (Lipinski definition) is 3. The first-order valence-corrected chi connectivity index (χ1v) is 7.80. The van der Waals surface area contributed by atoms with Crippen molar-refractivity contribution in [2.75, 3.05) is 0 Å². The van der Waals surface area contributed by atoms with E-state index in [1.54, 1.807) is 0 Å². The lowest BCUT2D eigenvalue weighted by molar-refractivity contribution is -0.132. The van der Waals surface area contributed by atoms with E-state index in [4.69, 9.17) is 17.0 Å². The summed E-state index contributed by atoms with van der Waals surface area (Å²) < 4.78 is 5.78. The number of aliphatic imine (C=N–C) groups is 1. The van der Waals surface area contributed by atoms with Gasteiger partial charge < -0.3 is 4.74 Å². The number of thiocarbonyl (C=S) groups is 1. The van der Waals surface area contributed by atoms with E-state index in [1.807, 2.05) is 55.5 Å². The molecule has 0 aromatic heterocycles. The summed E-state index contributed by atoms with van der Waals surface area (Å²) in [6.07, 6.45) is -0.690. The summed E-state index contributed by atoms with van der Waals surface area (Å²) in [5.74, 6) is 0.529. The van der Waals surface area contributed by atoms with Gasteiger partial charge in [0.05, 0.1) is 6.54 Å². The molecule has 1 atom stereocenters. The Hall–Kier alpha value is -2.53. The second kappa shape index (κ2) is 5.28. The van der Waals surface area contributed by atoms with Gasteiger partial charge >= 0.3 is 0 Å². The number of carbonyl (C=O) groups is 1. The van der Waals surface area contributed by atoms with Crippen LogP contribution in [0.1, 0.15) is 16.7 Å². The highest BCUT2D eigenvalue weighted by Gasteiger charge is 2.42. The Morgan fingerprint density at radius 2 is 1.91 bits per heavy atom. The molecule has 114 valence electrons. The third-order valence-electron chi connectivity index (χ3n) is 4.05. The van der Waals surface area contributed by atoms with E-state index in [1.165, 1.54) is 10.5 Å². The van der Waals surface area contributed by atoms with E-state index in [0.29, 0.717) is 23.1 Å². The monoisotopic (exact) mass is 322 g/mol. The van der Waals surface area contributed by atoms with Crippen molar-refractivity contribution in [2.45, 2.75) is 19.6 Å². The van der Waals surface area contributed by atoms with Crippen molar-refractivity contribution in [3.8, 4) is 5.75 Å². The minimum absolute atomic E-state index is 0.156. The molecule has 4 rings (SSSR count). The van der Waals surface area contributed by atoms with E-state index >= 15 is 0 Å². The van der Waals surface area contributed by atoms with E-state index in [-0.39, 0.29) is 5.91 Å². The van der Waals surface area contributed by atoms with Crippen LogP contribution in [0, 0.1) is 6.92 Å². The van der Waals surface area contributed by atoms with Gasteiger partial charge in [0.2, 0.25) is 11.2 Å². The summed E-state index contributed by atoms with van der Waals surface area (Å²) in [6, 6.07) is 15.6. The molecule has 2 heterocycles. The molecule has 4 nitrogen and oxygen atoms in total. The van der Waals surface area contributed by atoms with Gasteiger partial charge in [-0.3, -0.25) is 9.69 Å². The van der Waals surface area contributed by atoms with Crippen molar-refractivity contribution in [3.63, 3.8) is 0 Å². The van der Waals surface area contributed by atoms with Gasteiger partial charge in [0.25, 0.3) is 5.91 Å². The van der Waals surface area contributed by atoms with Gasteiger partial charge in [-0.2, -0.15) is 0 Å². The predicted octanol–water partition coefficient (Wildman–Crippen LogP) is 2.87. The van der Waals surface area contributed by atoms with Crippen LogP contribution in [0.25, 0.3) is 0 Å². The molecule has 0 spiro atoms. The topological polar surface area (TPSA) is 41.9 Å². The molecule has 0 saturated carbocycles. The lowest BCUT2D eigenvalue weighted by atomic mass is 10.0. The number of ether oxygens (including phenoxy) is 1. The van der Waals surface area contributed by atoms with E-state index in [0.717, 1.165) is 11.1 Å². The molecule has 5 heteroatoms. The number of hydrogen-bond donors (Lipinski definition) is 0. The normalized spacial score (nSPS) is 19.1. The summed E-state index contributed by atoms with van der Waals surface area (Å²) in [7, 11) is 0. The Kier molecular flexibility index (Phi) is 3.23. The SMILES string of the molecule is Cc1ccc(CN2C(=O)C3Oc4ccccc4C3=NC2=S)cc1. The number of fused-ring (bicyclic) bond motifs is 3. The summed E-state index contributed by atoms with van der Waals surface area (Å²) in [6.45, 7) is 2.44. The lowest BCUT2D eigenvalue weighted by Crippen LogP contribution is -2.49. The molecule has 2 aliphatic rings. The van der Waals surface area contributed by atoms with Crippen molar-refractivity contribution >= 4 is 28.9 Å². The van der Waals surface area contributed by atoms with Gasteiger partial charge in [0.15, 0.2) is 0 Å². The number of amides is 1. The standard InChI is InChI=1S/C18H14N2O2S/c1-11-6-8-12(9-7-11)10-20-17(21)16-15(19-18(20)23)13-4-2-3-5-14(13)22-16/h2-9,16H,10H2,1H3. The maximum Gasteiger partial charge on any atom is 0.276 e. The summed E-state index contributed by atoms with van der Waals surface area (Å²) in [4.78, 5) is 18.8. The Morgan fingerprint density at radius 1 is 1.17 bits per heavy atom. The first-order chi connectivity index (χ1) is 11.1. The van der Waals surface area contributed by atoms with E-state index < -0.39 is 6.10 Å². The number of benzene rings is 2. The highest BCUT2D eigenvalue weighted by molar-refractivity contribution is 7.80. The minimum Gasteiger partial charge on any atom is -0.473 e. The molecule has 23 heavy (non-hydrogen) atoms. The second-order valence-electron chi connectivity index (χ2n) is 5.68. The maximum atomic E-state index is 12.8. The molecule has 0 saturated heterocycles. The van der Waals surface area contributed by atoms with Gasteiger partial charge in [-0.05, 0) is 36.8 Å². The average molecular weight is 322 g/mol. The zero-order chi connectivity index (χ0) is 16.0. The van der Waals surface area contributed by atoms with Gasteiger partial charge in [0.1, 0.15) is 11.5 Å². The molecule has 0 aliphatic carbocycles. The van der Waals surface area contributed by atoms with E-state index in [9.17, 15) is 4.79 Å². The summed E-state index contributed by atoms with van der Waals surface area (Å²) in [5, 5.41) is 0.294. The first kappa shape index (κ1) is 14.1. The fraction of sp³-hybridized carbons (Fsp3) is 0.167. The van der Waals surface area contributed by atoms with Crippen molar-refractivity contribution in [1.29, 1.82) is 0 Å².